The van der Waals surface area contributed by atoms with Gasteiger partial charge in [-0.1, -0.05) is 123 Å². The molecule has 1 aromatic heterocycles. The zero-order valence-electron chi connectivity index (χ0n) is 33.3. The van der Waals surface area contributed by atoms with Crippen LogP contribution in [-0.4, -0.2) is 45.8 Å². The molecule has 8 nitrogen and oxygen atoms in total. The zero-order valence-corrected chi connectivity index (χ0v) is 33.3. The van der Waals surface area contributed by atoms with E-state index in [2.05, 4.69) is 91.2 Å². The number of ether oxygens (including phenoxy) is 2. The Labute approximate surface area is 331 Å². The van der Waals surface area contributed by atoms with E-state index in [1.807, 2.05) is 42.8 Å². The third-order valence-electron chi connectivity index (χ3n) is 15.0. The Morgan fingerprint density at radius 1 is 0.875 bits per heavy atom. The highest BCUT2D eigenvalue weighted by Crippen LogP contribution is 2.68. The van der Waals surface area contributed by atoms with Crippen LogP contribution in [0.5, 0.6) is 0 Å². The second-order valence-corrected chi connectivity index (χ2v) is 18.3. The van der Waals surface area contributed by atoms with E-state index < -0.39 is 12.1 Å². The average Bonchev–Trinajstić information content (AvgIpc) is 3.90. The molecule has 5 aliphatic rings. The number of amides is 1. The van der Waals surface area contributed by atoms with E-state index in [1.165, 1.54) is 47.9 Å². The lowest BCUT2D eigenvalue weighted by Gasteiger charge is -2.58. The van der Waals surface area contributed by atoms with E-state index in [0.717, 1.165) is 49.0 Å². The van der Waals surface area contributed by atoms with Crippen LogP contribution in [0.15, 0.2) is 96.7 Å². The topological polar surface area (TPSA) is 95.3 Å². The van der Waals surface area contributed by atoms with E-state index in [-0.39, 0.29) is 41.3 Å². The number of nitrogens with one attached hydrogen (secondary N) is 1. The van der Waals surface area contributed by atoms with Gasteiger partial charge in [0.2, 0.25) is 0 Å². The largest absolute Gasteiger partial charge is 0.461 e. The van der Waals surface area contributed by atoms with E-state index in [4.69, 9.17) is 14.6 Å². The van der Waals surface area contributed by atoms with Gasteiger partial charge in [-0.15, -0.1) is 5.10 Å². The minimum atomic E-state index is -0.782. The number of nitrogens with zero attached hydrogens (tertiary/aromatic N) is 3. The number of hydrogen-bond donors (Lipinski definition) is 1. The molecule has 3 aromatic carbocycles. The van der Waals surface area contributed by atoms with E-state index in [1.54, 1.807) is 0 Å². The summed E-state index contributed by atoms with van der Waals surface area (Å²) in [5.41, 5.74) is 8.90. The van der Waals surface area contributed by atoms with Crippen molar-refractivity contribution < 1.29 is 19.1 Å². The van der Waals surface area contributed by atoms with Crippen molar-refractivity contribution in [2.45, 2.75) is 110 Å². The number of esters is 1. The molecule has 4 aromatic rings. The van der Waals surface area contributed by atoms with Crippen LogP contribution in [-0.2, 0) is 20.8 Å². The van der Waals surface area contributed by atoms with Crippen molar-refractivity contribution in [1.29, 1.82) is 0 Å². The summed E-state index contributed by atoms with van der Waals surface area (Å²) in [4.78, 5) is 26.9. The number of alkyl carbamates (subject to hydrolysis) is 1. The standard InChI is InChI=1S/C48H56N4O4/c1-30(2)44(49-46(54)55-29-39-36-16-10-8-14-34(36)35-15-9-11-17-37(35)39)45(53)56-33-22-24-47(3)32(26-33)18-19-38-40-20-21-42(48(40,4)25-23-41(38)47)43-28-52(51-50-43)27-31-12-6-5-7-13-31/h5-18,28,30,33,38-42,44H,19-27,29H2,1-4H3,(H,49,54)/t33?,38?,40?,41?,42?,44-,47?,48?/m0/s1. The maximum atomic E-state index is 13.7. The van der Waals surface area contributed by atoms with Crippen molar-refractivity contribution >= 4 is 12.1 Å². The minimum absolute atomic E-state index is 0.0437. The Morgan fingerprint density at radius 3 is 2.32 bits per heavy atom. The monoisotopic (exact) mass is 752 g/mol. The lowest BCUT2D eigenvalue weighted by atomic mass is 9.47. The molecule has 7 unspecified atom stereocenters. The molecule has 9 rings (SSSR count). The minimum Gasteiger partial charge on any atom is -0.461 e. The van der Waals surface area contributed by atoms with Gasteiger partial charge < -0.3 is 14.8 Å². The third kappa shape index (κ3) is 6.47. The molecule has 1 N–H and O–H groups in total. The van der Waals surface area contributed by atoms with Crippen molar-refractivity contribution in [3.8, 4) is 11.1 Å². The Bertz CT molecular complexity index is 2080. The maximum Gasteiger partial charge on any atom is 0.407 e. The van der Waals surface area contributed by atoms with Crippen molar-refractivity contribution in [2.24, 2.45) is 34.5 Å². The van der Waals surface area contributed by atoms with E-state index >= 15 is 0 Å². The number of hydrogen-bond acceptors (Lipinski definition) is 6. The number of carbonyl (C=O) groups is 2. The van der Waals surface area contributed by atoms with Gasteiger partial charge >= 0.3 is 12.1 Å². The molecule has 0 saturated heterocycles. The van der Waals surface area contributed by atoms with Crippen LogP contribution >= 0.6 is 0 Å². The number of allylic oxidation sites excluding steroid dienone is 1. The Hall–Kier alpha value is -4.72. The Kier molecular flexibility index (Phi) is 9.65. The van der Waals surface area contributed by atoms with Crippen LogP contribution < -0.4 is 5.32 Å². The summed E-state index contributed by atoms with van der Waals surface area (Å²) in [5.74, 6) is 1.86. The van der Waals surface area contributed by atoms with E-state index in [9.17, 15) is 9.59 Å². The molecule has 0 aliphatic heterocycles. The number of carbonyl (C=O) groups excluding carboxylic acids is 2. The lowest BCUT2D eigenvalue weighted by Crippen LogP contribution is -2.51. The summed E-state index contributed by atoms with van der Waals surface area (Å²) >= 11 is 0. The van der Waals surface area contributed by atoms with Crippen molar-refractivity contribution in [3.05, 3.63) is 119 Å². The molecular weight excluding hydrogens is 697 g/mol. The molecule has 3 fully saturated rings. The van der Waals surface area contributed by atoms with Gasteiger partial charge in [0.1, 0.15) is 18.8 Å². The van der Waals surface area contributed by atoms with Gasteiger partial charge in [0.05, 0.1) is 12.2 Å². The van der Waals surface area contributed by atoms with Crippen LogP contribution in [0.3, 0.4) is 0 Å². The number of rotatable bonds is 9. The predicted octanol–water partition coefficient (Wildman–Crippen LogP) is 9.85. The molecule has 292 valence electrons. The SMILES string of the molecule is CC(C)[C@H](NC(=O)OCC1c2ccccc2-c2ccccc21)C(=O)OC1CCC2(C)C(=CCC3C2CCC2(C)C(c4cn(Cc5ccccc5)nn4)CCC32)C1. The molecule has 0 spiro atoms. The van der Waals surface area contributed by atoms with Crippen LogP contribution in [0.4, 0.5) is 4.79 Å². The van der Waals surface area contributed by atoms with Crippen molar-refractivity contribution in [1.82, 2.24) is 20.3 Å². The van der Waals surface area contributed by atoms with Gasteiger partial charge in [0.15, 0.2) is 0 Å². The van der Waals surface area contributed by atoms with Crippen LogP contribution in [0.1, 0.15) is 113 Å². The van der Waals surface area contributed by atoms with Gasteiger partial charge in [-0.3, -0.25) is 0 Å². The van der Waals surface area contributed by atoms with Gasteiger partial charge in [-0.25, -0.2) is 14.3 Å². The summed E-state index contributed by atoms with van der Waals surface area (Å²) < 4.78 is 14.1. The van der Waals surface area contributed by atoms with Crippen LogP contribution in [0.25, 0.3) is 11.1 Å². The first-order valence-electron chi connectivity index (χ1n) is 21.1. The molecular formula is C48H56N4O4. The summed E-state index contributed by atoms with van der Waals surface area (Å²) in [6, 6.07) is 26.3. The van der Waals surface area contributed by atoms with E-state index in [0.29, 0.717) is 23.7 Å². The first-order valence-corrected chi connectivity index (χ1v) is 21.1. The van der Waals surface area contributed by atoms with Gasteiger partial charge in [-0.2, -0.15) is 0 Å². The Morgan fingerprint density at radius 2 is 1.59 bits per heavy atom. The molecule has 0 bridgehead atoms. The normalized spacial score (nSPS) is 29.6. The van der Waals surface area contributed by atoms with Crippen LogP contribution in [0, 0.1) is 34.5 Å². The van der Waals surface area contributed by atoms with Crippen LogP contribution in [0.2, 0.25) is 0 Å². The highest BCUT2D eigenvalue weighted by Gasteiger charge is 2.59. The maximum absolute atomic E-state index is 13.7. The van der Waals surface area contributed by atoms with Gasteiger partial charge in [0, 0.05) is 24.5 Å². The molecule has 1 heterocycles. The molecule has 8 atom stereocenters. The number of benzene rings is 3. The second kappa shape index (κ2) is 14.7. The first kappa shape index (κ1) is 36.9. The predicted molar refractivity (Wildman–Crippen MR) is 217 cm³/mol. The molecule has 5 aliphatic carbocycles. The zero-order chi connectivity index (χ0) is 38.6. The molecule has 3 saturated carbocycles. The van der Waals surface area contributed by atoms with Gasteiger partial charge in [-0.05, 0) is 107 Å². The van der Waals surface area contributed by atoms with Crippen molar-refractivity contribution in [2.75, 3.05) is 6.61 Å². The van der Waals surface area contributed by atoms with Gasteiger partial charge in [0.25, 0.3) is 0 Å². The Balaban J connectivity index is 0.817. The quantitative estimate of drug-likeness (QED) is 0.135. The highest BCUT2D eigenvalue weighted by molar-refractivity contribution is 5.82. The smallest absolute Gasteiger partial charge is 0.407 e. The highest BCUT2D eigenvalue weighted by atomic mass is 16.6. The lowest BCUT2D eigenvalue weighted by molar-refractivity contribution is -0.155. The number of fused-ring (bicyclic) bond motifs is 8. The third-order valence-corrected chi connectivity index (χ3v) is 15.0. The molecule has 56 heavy (non-hydrogen) atoms. The summed E-state index contributed by atoms with van der Waals surface area (Å²) in [6.45, 7) is 9.87. The molecule has 1 amide bonds. The summed E-state index contributed by atoms with van der Waals surface area (Å²) in [5, 5.41) is 12.2. The summed E-state index contributed by atoms with van der Waals surface area (Å²) in [6.07, 6.45) is 12.6. The second-order valence-electron chi connectivity index (χ2n) is 18.3. The fraction of sp³-hybridized carbons (Fsp3) is 0.500. The van der Waals surface area contributed by atoms with Crippen molar-refractivity contribution in [3.63, 3.8) is 0 Å². The fourth-order valence-electron chi connectivity index (χ4n) is 12.0. The molecule has 8 heteroatoms. The molecule has 0 radical (unpaired) electrons. The fourth-order valence-corrected chi connectivity index (χ4v) is 12.0. The first-order chi connectivity index (χ1) is 27.1. The average molecular weight is 753 g/mol. The summed E-state index contributed by atoms with van der Waals surface area (Å²) in [7, 11) is 0. The number of aromatic nitrogens is 3.